The third kappa shape index (κ3) is 1.15. The van der Waals surface area contributed by atoms with Crippen LogP contribution in [0.4, 0.5) is 0 Å². The highest BCUT2D eigenvalue weighted by Crippen LogP contribution is 2.32. The van der Waals surface area contributed by atoms with Crippen LogP contribution in [0.25, 0.3) is 0 Å². The fraction of sp³-hybridized carbons (Fsp3) is 0.875. The highest BCUT2D eigenvalue weighted by Gasteiger charge is 2.40. The van der Waals surface area contributed by atoms with Crippen molar-refractivity contribution in [3.05, 3.63) is 0 Å². The molecule has 0 unspecified atom stereocenters. The number of nitrogens with zero attached hydrogens (tertiary/aromatic N) is 2. The summed E-state index contributed by atoms with van der Waals surface area (Å²) < 4.78 is 0. The van der Waals surface area contributed by atoms with E-state index in [2.05, 4.69) is 24.9 Å². The smallest absolute Gasteiger partial charge is 0.0826 e. The Bertz CT molecular complexity index is 146. The summed E-state index contributed by atoms with van der Waals surface area (Å²) in [4.78, 5) is 2.19. The van der Waals surface area contributed by atoms with Crippen LogP contribution in [0, 0.1) is 16.7 Å². The number of likely N-dealkylation sites (tertiary alicyclic amines) is 1. The summed E-state index contributed by atoms with van der Waals surface area (Å²) in [6, 6.07) is 2.40. The lowest BCUT2D eigenvalue weighted by atomic mass is 9.78. The second kappa shape index (κ2) is 2.59. The summed E-state index contributed by atoms with van der Waals surface area (Å²) in [5, 5.41) is 8.81. The number of rotatable bonds is 2. The molecule has 0 atom stereocenters. The number of hydrogen-bond donors (Lipinski definition) is 0. The lowest BCUT2D eigenvalue weighted by molar-refractivity contribution is 0.0645. The summed E-state index contributed by atoms with van der Waals surface area (Å²) >= 11 is 0. The first-order valence-corrected chi connectivity index (χ1v) is 3.82. The number of nitriles is 1. The van der Waals surface area contributed by atoms with Gasteiger partial charge in [-0.1, -0.05) is 13.3 Å². The van der Waals surface area contributed by atoms with E-state index in [9.17, 15) is 0 Å². The van der Waals surface area contributed by atoms with Crippen molar-refractivity contribution in [2.45, 2.75) is 19.8 Å². The van der Waals surface area contributed by atoms with Gasteiger partial charge in [0.15, 0.2) is 0 Å². The van der Waals surface area contributed by atoms with Crippen molar-refractivity contribution in [1.82, 2.24) is 4.90 Å². The fourth-order valence-corrected chi connectivity index (χ4v) is 1.75. The van der Waals surface area contributed by atoms with E-state index in [1.54, 1.807) is 0 Å². The van der Waals surface area contributed by atoms with Crippen molar-refractivity contribution in [3.63, 3.8) is 0 Å². The molecular formula is C8H14N2. The van der Waals surface area contributed by atoms with Crippen LogP contribution in [-0.4, -0.2) is 25.0 Å². The molecule has 56 valence electrons. The highest BCUT2D eigenvalue weighted by atomic mass is 15.2. The van der Waals surface area contributed by atoms with Gasteiger partial charge in [0.25, 0.3) is 0 Å². The maximum absolute atomic E-state index is 8.81. The highest BCUT2D eigenvalue weighted by molar-refractivity contribution is 5.08. The topological polar surface area (TPSA) is 27.0 Å². The van der Waals surface area contributed by atoms with Crippen LogP contribution >= 0.6 is 0 Å². The van der Waals surface area contributed by atoms with Gasteiger partial charge in [0, 0.05) is 13.1 Å². The normalized spacial score (nSPS) is 23.3. The molecule has 2 heteroatoms. The van der Waals surface area contributed by atoms with Crippen LogP contribution in [0.15, 0.2) is 0 Å². The van der Waals surface area contributed by atoms with E-state index in [1.165, 1.54) is 0 Å². The first-order chi connectivity index (χ1) is 4.72. The molecule has 1 rings (SSSR count). The van der Waals surface area contributed by atoms with Crippen molar-refractivity contribution >= 4 is 0 Å². The van der Waals surface area contributed by atoms with Crippen LogP contribution in [-0.2, 0) is 0 Å². The van der Waals surface area contributed by atoms with E-state index in [1.807, 2.05) is 0 Å². The molecule has 0 amide bonds. The summed E-state index contributed by atoms with van der Waals surface area (Å²) in [5.74, 6) is 0. The molecule has 0 saturated carbocycles. The standard InChI is InChI=1S/C8H14N2/c1-3-4-8(5-9)6-10(2)7-8/h3-4,6-7H2,1-2H3. The zero-order chi connectivity index (χ0) is 7.61. The van der Waals surface area contributed by atoms with Gasteiger partial charge >= 0.3 is 0 Å². The summed E-state index contributed by atoms with van der Waals surface area (Å²) in [5.41, 5.74) is 0.0174. The molecule has 1 aliphatic rings. The molecule has 0 radical (unpaired) electrons. The molecular weight excluding hydrogens is 124 g/mol. The van der Waals surface area contributed by atoms with E-state index < -0.39 is 0 Å². The molecule has 1 fully saturated rings. The van der Waals surface area contributed by atoms with Gasteiger partial charge in [0.1, 0.15) is 0 Å². The minimum absolute atomic E-state index is 0.0174. The second-order valence-electron chi connectivity index (χ2n) is 3.31. The molecule has 2 nitrogen and oxygen atoms in total. The van der Waals surface area contributed by atoms with Crippen LogP contribution in [0.1, 0.15) is 19.8 Å². The molecule has 0 aromatic rings. The Labute approximate surface area is 62.4 Å². The zero-order valence-corrected chi connectivity index (χ0v) is 6.72. The minimum Gasteiger partial charge on any atom is -0.303 e. The van der Waals surface area contributed by atoms with E-state index in [4.69, 9.17) is 5.26 Å². The minimum atomic E-state index is 0.0174. The summed E-state index contributed by atoms with van der Waals surface area (Å²) in [6.45, 7) is 4.08. The first kappa shape index (κ1) is 7.56. The summed E-state index contributed by atoms with van der Waals surface area (Å²) in [7, 11) is 2.06. The van der Waals surface area contributed by atoms with Gasteiger partial charge in [-0.15, -0.1) is 0 Å². The lowest BCUT2D eigenvalue weighted by Gasteiger charge is -2.43. The Hall–Kier alpha value is -0.550. The SMILES string of the molecule is CCCC1(C#N)CN(C)C1. The third-order valence-electron chi connectivity index (χ3n) is 2.11. The van der Waals surface area contributed by atoms with Gasteiger partial charge in [-0.05, 0) is 13.5 Å². The monoisotopic (exact) mass is 138 g/mol. The van der Waals surface area contributed by atoms with Crippen molar-refractivity contribution in [3.8, 4) is 6.07 Å². The molecule has 0 spiro atoms. The molecule has 0 aromatic carbocycles. The Morgan fingerprint density at radius 2 is 2.20 bits per heavy atom. The van der Waals surface area contributed by atoms with Gasteiger partial charge in [0.05, 0.1) is 11.5 Å². The van der Waals surface area contributed by atoms with Crippen LogP contribution in [0.5, 0.6) is 0 Å². The predicted molar refractivity (Wildman–Crippen MR) is 40.5 cm³/mol. The Morgan fingerprint density at radius 1 is 1.60 bits per heavy atom. The molecule has 0 aromatic heterocycles. The maximum Gasteiger partial charge on any atom is 0.0826 e. The van der Waals surface area contributed by atoms with Gasteiger partial charge in [0.2, 0.25) is 0 Å². The van der Waals surface area contributed by atoms with Crippen molar-refractivity contribution in [2.24, 2.45) is 5.41 Å². The fourth-order valence-electron chi connectivity index (χ4n) is 1.75. The molecule has 10 heavy (non-hydrogen) atoms. The van der Waals surface area contributed by atoms with Crippen LogP contribution in [0.3, 0.4) is 0 Å². The molecule has 0 N–H and O–H groups in total. The van der Waals surface area contributed by atoms with E-state index in [-0.39, 0.29) is 5.41 Å². The second-order valence-corrected chi connectivity index (χ2v) is 3.31. The van der Waals surface area contributed by atoms with Gasteiger partial charge in [-0.3, -0.25) is 0 Å². The van der Waals surface area contributed by atoms with Crippen LogP contribution < -0.4 is 0 Å². The average Bonchev–Trinajstić information content (AvgIpc) is 1.84. The first-order valence-electron chi connectivity index (χ1n) is 3.82. The average molecular weight is 138 g/mol. The van der Waals surface area contributed by atoms with Crippen molar-refractivity contribution < 1.29 is 0 Å². The van der Waals surface area contributed by atoms with Gasteiger partial charge in [-0.2, -0.15) is 5.26 Å². The van der Waals surface area contributed by atoms with Crippen molar-refractivity contribution in [1.29, 1.82) is 5.26 Å². The molecule has 0 aliphatic carbocycles. The zero-order valence-electron chi connectivity index (χ0n) is 6.72. The van der Waals surface area contributed by atoms with Crippen molar-refractivity contribution in [2.75, 3.05) is 20.1 Å². The van der Waals surface area contributed by atoms with E-state index >= 15 is 0 Å². The number of hydrogen-bond acceptors (Lipinski definition) is 2. The molecule has 1 saturated heterocycles. The molecule has 0 bridgehead atoms. The largest absolute Gasteiger partial charge is 0.303 e. The molecule has 1 heterocycles. The quantitative estimate of drug-likeness (QED) is 0.574. The Balaban J connectivity index is 2.42. The predicted octanol–water partition coefficient (Wildman–Crippen LogP) is 1.24. The maximum atomic E-state index is 8.81. The lowest BCUT2D eigenvalue weighted by Crippen LogP contribution is -2.53. The van der Waals surface area contributed by atoms with E-state index in [0.29, 0.717) is 0 Å². The Kier molecular flexibility index (Phi) is 1.96. The van der Waals surface area contributed by atoms with Gasteiger partial charge < -0.3 is 4.90 Å². The molecule has 1 aliphatic heterocycles. The summed E-state index contributed by atoms with van der Waals surface area (Å²) in [6.07, 6.45) is 2.19. The third-order valence-corrected chi connectivity index (χ3v) is 2.11. The Morgan fingerprint density at radius 3 is 2.50 bits per heavy atom. The van der Waals surface area contributed by atoms with Crippen LogP contribution in [0.2, 0.25) is 0 Å². The van der Waals surface area contributed by atoms with E-state index in [0.717, 1.165) is 25.9 Å². The van der Waals surface area contributed by atoms with Gasteiger partial charge in [-0.25, -0.2) is 0 Å².